The Hall–Kier alpha value is -2.01. The van der Waals surface area contributed by atoms with Crippen molar-refractivity contribution in [1.29, 1.82) is 0 Å². The van der Waals surface area contributed by atoms with Crippen LogP contribution in [0.1, 0.15) is 21.7 Å². The maximum Gasteiger partial charge on any atom is 0.199 e. The number of aryl methyl sites for hydroxylation is 1. The van der Waals surface area contributed by atoms with E-state index >= 15 is 0 Å². The number of hydrogen-bond acceptors (Lipinski definition) is 4. The van der Waals surface area contributed by atoms with Gasteiger partial charge in [0.15, 0.2) is 5.78 Å². The molecule has 4 nitrogen and oxygen atoms in total. The van der Waals surface area contributed by atoms with E-state index in [9.17, 15) is 4.79 Å². The number of aromatic nitrogens is 2. The van der Waals surface area contributed by atoms with Gasteiger partial charge in [-0.05, 0) is 6.92 Å². The molecule has 0 aliphatic carbocycles. The second-order valence-electron chi connectivity index (χ2n) is 3.61. The van der Waals surface area contributed by atoms with Crippen LogP contribution in [0, 0.1) is 11.6 Å². The lowest BCUT2D eigenvalue weighted by atomic mass is 10.1. The number of carbonyl (C=O) groups is 1. The van der Waals surface area contributed by atoms with Crippen molar-refractivity contribution in [2.75, 3.05) is 5.73 Å². The molecule has 17 heavy (non-hydrogen) atoms. The lowest BCUT2D eigenvalue weighted by Gasteiger charge is -2.05. The van der Waals surface area contributed by atoms with Crippen molar-refractivity contribution in [3.8, 4) is 0 Å². The number of ketones is 1. The molecule has 1 aromatic carbocycles. The van der Waals surface area contributed by atoms with Crippen molar-refractivity contribution in [2.45, 2.75) is 6.92 Å². The zero-order valence-corrected chi connectivity index (χ0v) is 10.0. The van der Waals surface area contributed by atoms with Gasteiger partial charge in [-0.25, -0.2) is 4.98 Å². The van der Waals surface area contributed by atoms with E-state index in [4.69, 9.17) is 18.0 Å². The molecule has 2 rings (SSSR count). The van der Waals surface area contributed by atoms with Crippen molar-refractivity contribution < 1.29 is 4.79 Å². The number of carbonyl (C=O) groups excluding carboxylic acids is 1. The van der Waals surface area contributed by atoms with Crippen molar-refractivity contribution in [3.05, 3.63) is 51.9 Å². The highest BCUT2D eigenvalue weighted by atomic mass is 32.1. The summed E-state index contributed by atoms with van der Waals surface area (Å²) in [5.74, 6) is 0.550. The van der Waals surface area contributed by atoms with Crippen LogP contribution in [0.5, 0.6) is 0 Å². The first kappa shape index (κ1) is 11.5. The zero-order valence-electron chi connectivity index (χ0n) is 9.23. The highest BCUT2D eigenvalue weighted by Gasteiger charge is 2.15. The monoisotopic (exact) mass is 245 g/mol. The predicted molar refractivity (Wildman–Crippen MR) is 68.4 cm³/mol. The molecule has 1 heterocycles. The van der Waals surface area contributed by atoms with Crippen molar-refractivity contribution >= 4 is 23.8 Å². The Morgan fingerprint density at radius 1 is 1.35 bits per heavy atom. The maximum absolute atomic E-state index is 12.2. The van der Waals surface area contributed by atoms with E-state index in [1.165, 1.54) is 0 Å². The molecule has 0 saturated heterocycles. The number of aromatic amines is 1. The standard InChI is InChI=1S/C12H11N3OS/c1-7-14-11(13)9(12(17)15-7)10(16)8-5-3-2-4-6-8/h2-6H,1H3,(H3,13,14,15,17). The number of nitrogens with one attached hydrogen (secondary N) is 1. The van der Waals surface area contributed by atoms with Gasteiger partial charge >= 0.3 is 0 Å². The number of nitrogens with two attached hydrogens (primary N) is 1. The summed E-state index contributed by atoms with van der Waals surface area (Å²) in [6.45, 7) is 1.74. The Bertz CT molecular complexity index is 619. The topological polar surface area (TPSA) is 71.8 Å². The van der Waals surface area contributed by atoms with Gasteiger partial charge in [0.05, 0.1) is 5.56 Å². The van der Waals surface area contributed by atoms with Crippen molar-refractivity contribution in [3.63, 3.8) is 0 Å². The van der Waals surface area contributed by atoms with Gasteiger partial charge in [0.25, 0.3) is 0 Å². The average Bonchev–Trinajstić information content (AvgIpc) is 2.28. The summed E-state index contributed by atoms with van der Waals surface area (Å²) in [4.78, 5) is 19.0. The van der Waals surface area contributed by atoms with Crippen LogP contribution in [0.3, 0.4) is 0 Å². The van der Waals surface area contributed by atoms with Crippen molar-refractivity contribution in [1.82, 2.24) is 9.97 Å². The quantitative estimate of drug-likeness (QED) is 0.629. The van der Waals surface area contributed by atoms with Gasteiger partial charge in [0.2, 0.25) is 0 Å². The minimum absolute atomic E-state index is 0.167. The van der Waals surface area contributed by atoms with E-state index in [0.717, 1.165) is 0 Å². The molecule has 0 unspecified atom stereocenters. The van der Waals surface area contributed by atoms with E-state index in [2.05, 4.69) is 9.97 Å². The van der Waals surface area contributed by atoms with Gasteiger partial charge in [-0.2, -0.15) is 0 Å². The van der Waals surface area contributed by atoms with Crippen LogP contribution in [0.2, 0.25) is 0 Å². The molecular formula is C12H11N3OS. The van der Waals surface area contributed by atoms with E-state index in [1.54, 1.807) is 31.2 Å². The molecule has 2 aromatic rings. The van der Waals surface area contributed by atoms with Crippen LogP contribution in [0.4, 0.5) is 5.82 Å². The highest BCUT2D eigenvalue weighted by Crippen LogP contribution is 2.15. The second kappa shape index (κ2) is 4.47. The summed E-state index contributed by atoms with van der Waals surface area (Å²) in [5.41, 5.74) is 6.55. The molecule has 0 aliphatic heterocycles. The average molecular weight is 245 g/mol. The molecule has 0 bridgehead atoms. The fourth-order valence-electron chi connectivity index (χ4n) is 1.56. The Morgan fingerprint density at radius 2 is 2.00 bits per heavy atom. The maximum atomic E-state index is 12.2. The van der Waals surface area contributed by atoms with E-state index in [1.807, 2.05) is 6.07 Å². The highest BCUT2D eigenvalue weighted by molar-refractivity contribution is 7.71. The fraction of sp³-hybridized carbons (Fsp3) is 0.0833. The molecule has 0 atom stereocenters. The van der Waals surface area contributed by atoms with Gasteiger partial charge in [0.1, 0.15) is 16.3 Å². The number of nitrogen functional groups attached to an aromatic ring is 1. The summed E-state index contributed by atoms with van der Waals surface area (Å²) >= 11 is 5.11. The van der Waals surface area contributed by atoms with Crippen LogP contribution >= 0.6 is 12.2 Å². The summed E-state index contributed by atoms with van der Waals surface area (Å²) in [6.07, 6.45) is 0. The first-order valence-corrected chi connectivity index (χ1v) is 5.46. The van der Waals surface area contributed by atoms with E-state index in [0.29, 0.717) is 16.0 Å². The summed E-state index contributed by atoms with van der Waals surface area (Å²) in [7, 11) is 0. The third-order valence-corrected chi connectivity index (χ3v) is 2.64. The number of hydrogen-bond donors (Lipinski definition) is 2. The van der Waals surface area contributed by atoms with Gasteiger partial charge < -0.3 is 10.7 Å². The van der Waals surface area contributed by atoms with Crippen LogP contribution in [-0.2, 0) is 0 Å². The van der Waals surface area contributed by atoms with E-state index < -0.39 is 0 Å². The number of nitrogens with zero attached hydrogens (tertiary/aromatic N) is 1. The van der Waals surface area contributed by atoms with Gasteiger partial charge in [-0.3, -0.25) is 4.79 Å². The molecule has 0 radical (unpaired) electrons. The third kappa shape index (κ3) is 2.24. The summed E-state index contributed by atoms with van der Waals surface area (Å²) in [5, 5.41) is 0. The molecule has 0 saturated carbocycles. The van der Waals surface area contributed by atoms with Gasteiger partial charge in [-0.15, -0.1) is 0 Å². The lowest BCUT2D eigenvalue weighted by Crippen LogP contribution is -2.10. The van der Waals surface area contributed by atoms with Gasteiger partial charge in [0, 0.05) is 5.56 Å². The number of benzene rings is 1. The molecule has 0 fully saturated rings. The minimum atomic E-state index is -0.211. The first-order chi connectivity index (χ1) is 8.09. The largest absolute Gasteiger partial charge is 0.383 e. The lowest BCUT2D eigenvalue weighted by molar-refractivity contribution is 0.103. The van der Waals surface area contributed by atoms with Crippen molar-refractivity contribution in [2.24, 2.45) is 0 Å². The molecular weight excluding hydrogens is 234 g/mol. The molecule has 0 spiro atoms. The molecule has 0 aliphatic rings. The van der Waals surface area contributed by atoms with Crippen LogP contribution in [0.25, 0.3) is 0 Å². The Morgan fingerprint density at radius 3 is 2.59 bits per heavy atom. The summed E-state index contributed by atoms with van der Waals surface area (Å²) < 4.78 is 0.323. The second-order valence-corrected chi connectivity index (χ2v) is 4.01. The Kier molecular flexibility index (Phi) is 3.01. The summed E-state index contributed by atoms with van der Waals surface area (Å²) in [6, 6.07) is 8.86. The van der Waals surface area contributed by atoms with Crippen LogP contribution < -0.4 is 5.73 Å². The molecule has 3 N–H and O–H groups in total. The molecule has 0 amide bonds. The van der Waals surface area contributed by atoms with Crippen LogP contribution in [-0.4, -0.2) is 15.8 Å². The third-order valence-electron chi connectivity index (χ3n) is 2.33. The number of rotatable bonds is 2. The fourth-order valence-corrected chi connectivity index (χ4v) is 1.91. The predicted octanol–water partition coefficient (Wildman–Crippen LogP) is 2.26. The molecule has 1 aromatic heterocycles. The molecule has 86 valence electrons. The molecule has 5 heteroatoms. The first-order valence-electron chi connectivity index (χ1n) is 5.05. The van der Waals surface area contributed by atoms with Crippen LogP contribution in [0.15, 0.2) is 30.3 Å². The van der Waals surface area contributed by atoms with E-state index in [-0.39, 0.29) is 17.2 Å². The number of H-pyrrole nitrogens is 1. The Balaban J connectivity index is 2.56. The Labute approximate surface area is 104 Å². The van der Waals surface area contributed by atoms with Gasteiger partial charge in [-0.1, -0.05) is 42.5 Å². The normalized spacial score (nSPS) is 10.2. The smallest absolute Gasteiger partial charge is 0.199 e. The SMILES string of the molecule is Cc1nc(N)c(C(=O)c2ccccc2)c(=S)[nH]1. The number of anilines is 1. The minimum Gasteiger partial charge on any atom is -0.383 e. The zero-order chi connectivity index (χ0) is 12.4.